The van der Waals surface area contributed by atoms with Crippen LogP contribution in [0.5, 0.6) is 0 Å². The van der Waals surface area contributed by atoms with E-state index in [0.29, 0.717) is 24.7 Å². The molecule has 0 saturated heterocycles. The van der Waals surface area contributed by atoms with Gasteiger partial charge in [-0.25, -0.2) is 14.6 Å². The molecule has 170 valence electrons. The van der Waals surface area contributed by atoms with Crippen LogP contribution in [0.4, 0.5) is 0 Å². The minimum atomic E-state index is -0.287. The van der Waals surface area contributed by atoms with Gasteiger partial charge in [0.15, 0.2) is 5.82 Å². The summed E-state index contributed by atoms with van der Waals surface area (Å²) in [7, 11) is 0. The van der Waals surface area contributed by atoms with E-state index in [1.54, 1.807) is 4.68 Å². The first-order chi connectivity index (χ1) is 15.9. The van der Waals surface area contributed by atoms with Gasteiger partial charge in [-0.15, -0.1) is 0 Å². The first-order valence-corrected chi connectivity index (χ1v) is 11.4. The van der Waals surface area contributed by atoms with Crippen LogP contribution in [-0.2, 0) is 17.9 Å². The highest BCUT2D eigenvalue weighted by Gasteiger charge is 2.32. The molecule has 3 aromatic heterocycles. The number of rotatable bonds is 6. The highest BCUT2D eigenvalue weighted by atomic mass is 35.5. The molecule has 1 amide bonds. The standard InChI is InChI=1S/C24H26ClN7O/c1-14(2)26-9-19(16-4-6-18(25)7-5-16)24(33)31-10-17-11-32(30-20(17)12-31)23-21-15(3)8-27-22(21)28-13-29-23/h4-8,11,13-14,19,26H,9-10,12H2,1-3H3,(H,27,28,29)/t19-/m1/s1. The third kappa shape index (κ3) is 4.12. The summed E-state index contributed by atoms with van der Waals surface area (Å²) in [5.41, 5.74) is 4.74. The van der Waals surface area contributed by atoms with E-state index in [9.17, 15) is 4.79 Å². The number of hydrogen-bond donors (Lipinski definition) is 2. The van der Waals surface area contributed by atoms with Gasteiger partial charge in [0.1, 0.15) is 12.0 Å². The van der Waals surface area contributed by atoms with E-state index in [1.807, 2.05) is 48.5 Å². The summed E-state index contributed by atoms with van der Waals surface area (Å²) in [6, 6.07) is 7.82. The lowest BCUT2D eigenvalue weighted by atomic mass is 9.97. The van der Waals surface area contributed by atoms with Crippen LogP contribution in [0.25, 0.3) is 16.9 Å². The monoisotopic (exact) mass is 463 g/mol. The number of aromatic nitrogens is 5. The number of nitrogens with one attached hydrogen (secondary N) is 2. The molecule has 1 aromatic carbocycles. The minimum absolute atomic E-state index is 0.0842. The zero-order chi connectivity index (χ0) is 23.1. The Morgan fingerprint density at radius 2 is 2.00 bits per heavy atom. The zero-order valence-electron chi connectivity index (χ0n) is 18.8. The van der Waals surface area contributed by atoms with Crippen molar-refractivity contribution in [3.05, 3.63) is 70.4 Å². The second-order valence-electron chi connectivity index (χ2n) is 8.80. The molecule has 1 aliphatic rings. The first-order valence-electron chi connectivity index (χ1n) is 11.0. The van der Waals surface area contributed by atoms with Gasteiger partial charge in [0.05, 0.1) is 23.5 Å². The predicted octanol–water partition coefficient (Wildman–Crippen LogP) is 3.73. The Hall–Kier alpha value is -3.23. The van der Waals surface area contributed by atoms with Gasteiger partial charge in [-0.1, -0.05) is 37.6 Å². The van der Waals surface area contributed by atoms with Gasteiger partial charge in [0, 0.05) is 42.1 Å². The number of carbonyl (C=O) groups excluding carboxylic acids is 1. The smallest absolute Gasteiger partial charge is 0.232 e. The van der Waals surface area contributed by atoms with Crippen molar-refractivity contribution in [2.45, 2.75) is 45.8 Å². The van der Waals surface area contributed by atoms with E-state index in [2.05, 4.69) is 34.1 Å². The Kier molecular flexibility index (Phi) is 5.64. The van der Waals surface area contributed by atoms with Crippen molar-refractivity contribution in [1.82, 2.24) is 34.9 Å². The Balaban J connectivity index is 1.38. The molecular formula is C24H26ClN7O. The number of aromatic amines is 1. The lowest BCUT2D eigenvalue weighted by Crippen LogP contribution is -2.38. The molecule has 0 radical (unpaired) electrons. The fourth-order valence-electron chi connectivity index (χ4n) is 4.31. The maximum atomic E-state index is 13.5. The molecule has 1 atom stereocenters. The first kappa shape index (κ1) is 21.6. The number of aryl methyl sites for hydroxylation is 1. The summed E-state index contributed by atoms with van der Waals surface area (Å²) in [5.74, 6) is 0.539. The Morgan fingerprint density at radius 1 is 1.21 bits per heavy atom. The minimum Gasteiger partial charge on any atom is -0.346 e. The van der Waals surface area contributed by atoms with Crippen molar-refractivity contribution in [2.24, 2.45) is 0 Å². The molecule has 8 nitrogen and oxygen atoms in total. The zero-order valence-corrected chi connectivity index (χ0v) is 19.6. The maximum absolute atomic E-state index is 13.5. The Morgan fingerprint density at radius 3 is 2.73 bits per heavy atom. The lowest BCUT2D eigenvalue weighted by Gasteiger charge is -2.25. The molecule has 2 N–H and O–H groups in total. The molecular weight excluding hydrogens is 438 g/mol. The van der Waals surface area contributed by atoms with Crippen molar-refractivity contribution in [1.29, 1.82) is 0 Å². The summed E-state index contributed by atoms with van der Waals surface area (Å²) >= 11 is 6.07. The van der Waals surface area contributed by atoms with Gasteiger partial charge in [-0.2, -0.15) is 5.10 Å². The number of halogens is 1. The molecule has 1 aliphatic heterocycles. The second-order valence-corrected chi connectivity index (χ2v) is 9.24. The van der Waals surface area contributed by atoms with Crippen molar-refractivity contribution >= 4 is 28.5 Å². The fourth-order valence-corrected chi connectivity index (χ4v) is 4.43. The van der Waals surface area contributed by atoms with Gasteiger partial charge < -0.3 is 15.2 Å². The van der Waals surface area contributed by atoms with Gasteiger partial charge >= 0.3 is 0 Å². The number of carbonyl (C=O) groups is 1. The quantitative estimate of drug-likeness (QED) is 0.454. The number of amides is 1. The Labute approximate surface area is 197 Å². The van der Waals surface area contributed by atoms with E-state index in [0.717, 1.165) is 39.2 Å². The van der Waals surface area contributed by atoms with Crippen LogP contribution in [0.2, 0.25) is 5.02 Å². The number of H-pyrrole nitrogens is 1. The second kappa shape index (κ2) is 8.61. The van der Waals surface area contributed by atoms with Crippen LogP contribution < -0.4 is 5.32 Å². The molecule has 5 rings (SSSR count). The van der Waals surface area contributed by atoms with Crippen LogP contribution in [0, 0.1) is 6.92 Å². The number of benzene rings is 1. The van der Waals surface area contributed by atoms with Gasteiger partial charge in [0.2, 0.25) is 5.91 Å². The topological polar surface area (TPSA) is 91.7 Å². The van der Waals surface area contributed by atoms with E-state index < -0.39 is 0 Å². The molecule has 0 fully saturated rings. The third-order valence-corrected chi connectivity index (χ3v) is 6.31. The highest BCUT2D eigenvalue weighted by Crippen LogP contribution is 2.29. The lowest BCUT2D eigenvalue weighted by molar-refractivity contribution is -0.133. The van der Waals surface area contributed by atoms with Crippen LogP contribution in [0.15, 0.2) is 43.0 Å². The van der Waals surface area contributed by atoms with Crippen LogP contribution in [0.1, 0.15) is 42.1 Å². The maximum Gasteiger partial charge on any atom is 0.232 e. The summed E-state index contributed by atoms with van der Waals surface area (Å²) in [5, 5.41) is 9.79. The number of hydrogen-bond acceptors (Lipinski definition) is 5. The molecule has 33 heavy (non-hydrogen) atoms. The number of nitrogens with zero attached hydrogens (tertiary/aromatic N) is 5. The van der Waals surface area contributed by atoms with Gasteiger partial charge in [-0.3, -0.25) is 4.79 Å². The third-order valence-electron chi connectivity index (χ3n) is 6.06. The Bertz CT molecular complexity index is 1280. The average molecular weight is 464 g/mol. The molecule has 0 bridgehead atoms. The molecule has 0 aliphatic carbocycles. The summed E-state index contributed by atoms with van der Waals surface area (Å²) in [6.45, 7) is 7.75. The van der Waals surface area contributed by atoms with Gasteiger partial charge in [0.25, 0.3) is 0 Å². The van der Waals surface area contributed by atoms with E-state index >= 15 is 0 Å². The SMILES string of the molecule is Cc1c[nH]c2ncnc(-n3cc4c(n3)CN(C(=O)[C@H](CNC(C)C)c3ccc(Cl)cc3)C4)c12. The summed E-state index contributed by atoms with van der Waals surface area (Å²) in [4.78, 5) is 27.3. The van der Waals surface area contributed by atoms with Crippen molar-refractivity contribution < 1.29 is 4.79 Å². The van der Waals surface area contributed by atoms with E-state index in [4.69, 9.17) is 16.7 Å². The predicted molar refractivity (Wildman–Crippen MR) is 127 cm³/mol. The van der Waals surface area contributed by atoms with Crippen LogP contribution in [0.3, 0.4) is 0 Å². The molecule has 9 heteroatoms. The molecule has 4 aromatic rings. The molecule has 4 heterocycles. The van der Waals surface area contributed by atoms with E-state index in [-0.39, 0.29) is 17.9 Å². The van der Waals surface area contributed by atoms with Crippen LogP contribution in [-0.4, -0.2) is 48.1 Å². The normalized spacial score (nSPS) is 14.3. The van der Waals surface area contributed by atoms with Crippen molar-refractivity contribution in [2.75, 3.05) is 6.54 Å². The van der Waals surface area contributed by atoms with Crippen molar-refractivity contribution in [3.8, 4) is 5.82 Å². The van der Waals surface area contributed by atoms with Crippen molar-refractivity contribution in [3.63, 3.8) is 0 Å². The fraction of sp³-hybridized carbons (Fsp3) is 0.333. The van der Waals surface area contributed by atoms with Gasteiger partial charge in [-0.05, 0) is 30.2 Å². The van der Waals surface area contributed by atoms with E-state index in [1.165, 1.54) is 6.33 Å². The summed E-state index contributed by atoms with van der Waals surface area (Å²) < 4.78 is 1.80. The largest absolute Gasteiger partial charge is 0.346 e. The molecule has 0 unspecified atom stereocenters. The average Bonchev–Trinajstić information content (AvgIpc) is 3.48. The highest BCUT2D eigenvalue weighted by molar-refractivity contribution is 6.30. The number of fused-ring (bicyclic) bond motifs is 2. The summed E-state index contributed by atoms with van der Waals surface area (Å²) in [6.07, 6.45) is 5.43. The van der Waals surface area contributed by atoms with Crippen LogP contribution >= 0.6 is 11.6 Å². The molecule has 0 saturated carbocycles. The molecule has 0 spiro atoms.